The van der Waals surface area contributed by atoms with Gasteiger partial charge in [0, 0.05) is 5.39 Å². The second-order valence-electron chi connectivity index (χ2n) is 5.85. The molecule has 0 saturated heterocycles. The van der Waals surface area contributed by atoms with Crippen molar-refractivity contribution in [3.05, 3.63) is 35.6 Å². The van der Waals surface area contributed by atoms with Crippen molar-refractivity contribution in [3.63, 3.8) is 0 Å². The first-order chi connectivity index (χ1) is 8.02. The molecular weight excluding hydrogens is 212 g/mol. The van der Waals surface area contributed by atoms with E-state index in [4.69, 9.17) is 4.42 Å². The highest BCUT2D eigenvalue weighted by atomic mass is 16.3. The molecule has 1 unspecified atom stereocenters. The third kappa shape index (κ3) is 1.25. The monoisotopic (exact) mass is 230 g/mol. The van der Waals surface area contributed by atoms with E-state index in [1.807, 2.05) is 18.2 Å². The molecule has 0 amide bonds. The van der Waals surface area contributed by atoms with Crippen LogP contribution in [0.5, 0.6) is 0 Å². The van der Waals surface area contributed by atoms with Gasteiger partial charge in [-0.1, -0.05) is 32.0 Å². The van der Waals surface area contributed by atoms with Crippen LogP contribution in [0.15, 0.2) is 28.7 Å². The Bertz CT molecular complexity index is 580. The van der Waals surface area contributed by atoms with Gasteiger partial charge >= 0.3 is 0 Å². The average Bonchev–Trinajstić information content (AvgIpc) is 2.72. The molecule has 1 aromatic heterocycles. The van der Waals surface area contributed by atoms with Gasteiger partial charge in [-0.3, -0.25) is 0 Å². The Kier molecular flexibility index (Phi) is 2.00. The lowest BCUT2D eigenvalue weighted by molar-refractivity contribution is 0.213. The predicted molar refractivity (Wildman–Crippen MR) is 68.1 cm³/mol. The Balaban J connectivity index is 2.22. The quantitative estimate of drug-likeness (QED) is 0.857. The van der Waals surface area contributed by atoms with Gasteiger partial charge in [-0.05, 0) is 30.4 Å². The summed E-state index contributed by atoms with van der Waals surface area (Å²) in [5, 5.41) is 10.9. The second-order valence-corrected chi connectivity index (χ2v) is 5.85. The number of hydrogen-bond acceptors (Lipinski definition) is 2. The third-order valence-corrected chi connectivity index (χ3v) is 4.46. The summed E-state index contributed by atoms with van der Waals surface area (Å²) in [5.74, 6) is 0.978. The number of hydrogen-bond donors (Lipinski definition) is 1. The van der Waals surface area contributed by atoms with Gasteiger partial charge in [0.1, 0.15) is 11.3 Å². The Morgan fingerprint density at radius 3 is 2.47 bits per heavy atom. The minimum Gasteiger partial charge on any atom is -0.460 e. The van der Waals surface area contributed by atoms with E-state index in [2.05, 4.69) is 26.8 Å². The Morgan fingerprint density at radius 1 is 1.29 bits per heavy atom. The summed E-state index contributed by atoms with van der Waals surface area (Å²) in [7, 11) is 0. The first-order valence-electron chi connectivity index (χ1n) is 6.11. The molecule has 2 aromatic rings. The van der Waals surface area contributed by atoms with Gasteiger partial charge in [0.25, 0.3) is 0 Å². The molecule has 17 heavy (non-hydrogen) atoms. The number of aryl methyl sites for hydroxylation is 1. The van der Waals surface area contributed by atoms with E-state index in [-0.39, 0.29) is 17.4 Å². The van der Waals surface area contributed by atoms with E-state index in [0.29, 0.717) is 0 Å². The number of fused-ring (bicyclic) bond motifs is 1. The number of furan rings is 1. The molecule has 0 spiro atoms. The number of aliphatic hydroxyl groups is 1. The summed E-state index contributed by atoms with van der Waals surface area (Å²) in [5.41, 5.74) is 2.08. The van der Waals surface area contributed by atoms with Crippen LogP contribution in [-0.4, -0.2) is 11.7 Å². The molecule has 1 aromatic carbocycles. The highest BCUT2D eigenvalue weighted by Gasteiger charge is 2.64. The third-order valence-electron chi connectivity index (χ3n) is 4.46. The van der Waals surface area contributed by atoms with Crippen molar-refractivity contribution in [2.24, 2.45) is 5.41 Å². The van der Waals surface area contributed by atoms with Crippen LogP contribution in [0.3, 0.4) is 0 Å². The molecule has 90 valence electrons. The summed E-state index contributed by atoms with van der Waals surface area (Å²) >= 11 is 0. The smallest absolute Gasteiger partial charge is 0.134 e. The predicted octanol–water partition coefficient (Wildman–Crippen LogP) is 3.40. The van der Waals surface area contributed by atoms with Crippen molar-refractivity contribution in [3.8, 4) is 0 Å². The highest BCUT2D eigenvalue weighted by molar-refractivity contribution is 5.82. The first kappa shape index (κ1) is 10.8. The second kappa shape index (κ2) is 3.14. The standard InChI is InChI=1S/C15H18O2/c1-10-11-6-4-5-7-12(11)17-13(10)15(9-16)8-14(15,2)3/h4-7,16H,8-9H2,1-3H3. The summed E-state index contributed by atoms with van der Waals surface area (Å²) < 4.78 is 5.99. The molecule has 1 saturated carbocycles. The van der Waals surface area contributed by atoms with Gasteiger partial charge < -0.3 is 9.52 Å². The summed E-state index contributed by atoms with van der Waals surface area (Å²) in [6, 6.07) is 8.08. The Hall–Kier alpha value is -1.28. The van der Waals surface area contributed by atoms with E-state index in [1.54, 1.807) is 0 Å². The van der Waals surface area contributed by atoms with Gasteiger partial charge in [-0.15, -0.1) is 0 Å². The van der Waals surface area contributed by atoms with Crippen LogP contribution < -0.4 is 0 Å². The van der Waals surface area contributed by atoms with Crippen LogP contribution in [0.25, 0.3) is 11.0 Å². The zero-order chi connectivity index (χ0) is 12.3. The van der Waals surface area contributed by atoms with Gasteiger partial charge in [0.05, 0.1) is 12.0 Å². The van der Waals surface area contributed by atoms with Crippen LogP contribution >= 0.6 is 0 Å². The largest absolute Gasteiger partial charge is 0.460 e. The topological polar surface area (TPSA) is 33.4 Å². The fraction of sp³-hybridized carbons (Fsp3) is 0.467. The molecule has 1 heterocycles. The van der Waals surface area contributed by atoms with Crippen LogP contribution in [-0.2, 0) is 5.41 Å². The van der Waals surface area contributed by atoms with E-state index in [0.717, 1.165) is 23.2 Å². The maximum Gasteiger partial charge on any atom is 0.134 e. The number of benzene rings is 1. The van der Waals surface area contributed by atoms with E-state index in [9.17, 15) is 5.11 Å². The van der Waals surface area contributed by atoms with Crippen LogP contribution in [0.1, 0.15) is 31.6 Å². The number of aliphatic hydroxyl groups excluding tert-OH is 1. The van der Waals surface area contributed by atoms with Crippen molar-refractivity contribution >= 4 is 11.0 Å². The summed E-state index contributed by atoms with van der Waals surface area (Å²) in [4.78, 5) is 0. The molecule has 0 aliphatic heterocycles. The summed E-state index contributed by atoms with van der Waals surface area (Å²) in [6.45, 7) is 6.64. The van der Waals surface area contributed by atoms with Crippen LogP contribution in [0.2, 0.25) is 0 Å². The molecule has 0 bridgehead atoms. The number of para-hydroxylation sites is 1. The molecular formula is C15H18O2. The fourth-order valence-corrected chi connectivity index (χ4v) is 3.07. The van der Waals surface area contributed by atoms with Crippen LogP contribution in [0.4, 0.5) is 0 Å². The van der Waals surface area contributed by atoms with Gasteiger partial charge in [-0.25, -0.2) is 0 Å². The zero-order valence-electron chi connectivity index (χ0n) is 10.6. The minimum absolute atomic E-state index is 0.139. The SMILES string of the molecule is Cc1c(C2(CO)CC2(C)C)oc2ccccc12. The molecule has 1 atom stereocenters. The number of rotatable bonds is 2. The lowest BCUT2D eigenvalue weighted by Crippen LogP contribution is -2.19. The lowest BCUT2D eigenvalue weighted by Gasteiger charge is -2.15. The van der Waals surface area contributed by atoms with E-state index in [1.165, 1.54) is 5.56 Å². The molecule has 3 rings (SSSR count). The molecule has 2 heteroatoms. The Labute approximate surface area is 101 Å². The van der Waals surface area contributed by atoms with Gasteiger partial charge in [0.2, 0.25) is 0 Å². The van der Waals surface area contributed by atoms with Crippen molar-refractivity contribution < 1.29 is 9.52 Å². The van der Waals surface area contributed by atoms with Crippen molar-refractivity contribution in [2.75, 3.05) is 6.61 Å². The normalized spacial score (nSPS) is 26.4. The molecule has 1 N–H and O–H groups in total. The van der Waals surface area contributed by atoms with Crippen molar-refractivity contribution in [2.45, 2.75) is 32.6 Å². The first-order valence-corrected chi connectivity index (χ1v) is 6.11. The van der Waals surface area contributed by atoms with E-state index < -0.39 is 0 Å². The molecule has 0 radical (unpaired) electrons. The lowest BCUT2D eigenvalue weighted by atomic mass is 9.91. The maximum atomic E-state index is 9.74. The zero-order valence-corrected chi connectivity index (χ0v) is 10.6. The molecule has 1 aliphatic rings. The van der Waals surface area contributed by atoms with Crippen LogP contribution in [0, 0.1) is 12.3 Å². The average molecular weight is 230 g/mol. The summed E-state index contributed by atoms with van der Waals surface area (Å²) in [6.07, 6.45) is 0.997. The minimum atomic E-state index is -0.171. The van der Waals surface area contributed by atoms with Crippen molar-refractivity contribution in [1.29, 1.82) is 0 Å². The molecule has 2 nitrogen and oxygen atoms in total. The maximum absolute atomic E-state index is 9.74. The van der Waals surface area contributed by atoms with Crippen molar-refractivity contribution in [1.82, 2.24) is 0 Å². The molecule has 1 fully saturated rings. The molecule has 1 aliphatic carbocycles. The van der Waals surface area contributed by atoms with Gasteiger partial charge in [0.15, 0.2) is 0 Å². The Morgan fingerprint density at radius 2 is 1.94 bits per heavy atom. The fourth-order valence-electron chi connectivity index (χ4n) is 3.07. The van der Waals surface area contributed by atoms with Gasteiger partial charge in [-0.2, -0.15) is 0 Å². The van der Waals surface area contributed by atoms with E-state index >= 15 is 0 Å². The highest BCUT2D eigenvalue weighted by Crippen LogP contribution is 2.65.